The van der Waals surface area contributed by atoms with Crippen LogP contribution in [0, 0.1) is 28.6 Å². The van der Waals surface area contributed by atoms with Crippen molar-refractivity contribution in [3.63, 3.8) is 0 Å². The van der Waals surface area contributed by atoms with Crippen LogP contribution >= 0.6 is 0 Å². The number of rotatable bonds is 2. The Hall–Kier alpha value is -2.08. The zero-order chi connectivity index (χ0) is 14.1. The molecule has 20 heavy (non-hydrogen) atoms. The van der Waals surface area contributed by atoms with Gasteiger partial charge in [0, 0.05) is 13.1 Å². The van der Waals surface area contributed by atoms with Gasteiger partial charge in [0.05, 0.1) is 31.2 Å². The molecular formula is C15H16N4O. The van der Waals surface area contributed by atoms with Crippen LogP contribution < -0.4 is 4.74 Å². The van der Waals surface area contributed by atoms with E-state index < -0.39 is 0 Å². The summed E-state index contributed by atoms with van der Waals surface area (Å²) < 4.78 is 5.17. The van der Waals surface area contributed by atoms with Crippen LogP contribution in [-0.2, 0) is 0 Å². The number of hydrogen-bond donors (Lipinski definition) is 0. The third kappa shape index (κ3) is 1.84. The summed E-state index contributed by atoms with van der Waals surface area (Å²) in [7, 11) is 1.64. The third-order valence-corrected chi connectivity index (χ3v) is 4.17. The summed E-state index contributed by atoms with van der Waals surface area (Å²) in [5.41, 5.74) is 1.07. The molecule has 0 radical (unpaired) electrons. The smallest absolute Gasteiger partial charge is 0.129 e. The topological polar surface area (TPSA) is 63.3 Å². The lowest BCUT2D eigenvalue weighted by atomic mass is 9.90. The standard InChI is InChI=1S/C15H16N4O/c1-20-12-5-3-11(4-6-12)15-13(9-16)14(10-17)18-7-2-8-19(15)18/h3-6,13-15H,2,7-8H2,1H3/t13-,14-,15+/m0/s1. The number of ether oxygens (including phenoxy) is 1. The number of hydrazine groups is 1. The molecule has 1 aromatic carbocycles. The van der Waals surface area contributed by atoms with Crippen LogP contribution in [0.5, 0.6) is 5.75 Å². The molecule has 2 saturated heterocycles. The van der Waals surface area contributed by atoms with Crippen molar-refractivity contribution in [1.82, 2.24) is 10.0 Å². The van der Waals surface area contributed by atoms with E-state index in [0.717, 1.165) is 30.8 Å². The summed E-state index contributed by atoms with van der Waals surface area (Å²) in [6.45, 7) is 1.77. The van der Waals surface area contributed by atoms with Gasteiger partial charge in [0.25, 0.3) is 0 Å². The Morgan fingerprint density at radius 3 is 2.40 bits per heavy atom. The van der Waals surface area contributed by atoms with E-state index in [1.165, 1.54) is 0 Å². The predicted molar refractivity (Wildman–Crippen MR) is 72.3 cm³/mol. The molecule has 5 heteroatoms. The summed E-state index contributed by atoms with van der Waals surface area (Å²) in [6, 6.07) is 12.1. The van der Waals surface area contributed by atoms with E-state index in [9.17, 15) is 10.5 Å². The van der Waals surface area contributed by atoms with Gasteiger partial charge in [-0.2, -0.15) is 10.5 Å². The minimum atomic E-state index is -0.338. The summed E-state index contributed by atoms with van der Waals surface area (Å²) >= 11 is 0. The maximum Gasteiger partial charge on any atom is 0.129 e. The van der Waals surface area contributed by atoms with E-state index in [-0.39, 0.29) is 18.0 Å². The second-order valence-electron chi connectivity index (χ2n) is 5.13. The molecule has 2 aliphatic rings. The monoisotopic (exact) mass is 268 g/mol. The Morgan fingerprint density at radius 1 is 1.10 bits per heavy atom. The first-order valence-corrected chi connectivity index (χ1v) is 6.76. The molecule has 2 fully saturated rings. The van der Waals surface area contributed by atoms with E-state index in [0.29, 0.717) is 0 Å². The lowest BCUT2D eigenvalue weighted by Gasteiger charge is -2.25. The van der Waals surface area contributed by atoms with Crippen molar-refractivity contribution in [3.8, 4) is 17.9 Å². The van der Waals surface area contributed by atoms with Crippen LogP contribution in [-0.4, -0.2) is 36.3 Å². The highest BCUT2D eigenvalue weighted by Gasteiger charge is 2.50. The number of benzene rings is 1. The molecule has 1 aromatic rings. The quantitative estimate of drug-likeness (QED) is 0.817. The van der Waals surface area contributed by atoms with Crippen molar-refractivity contribution in [3.05, 3.63) is 29.8 Å². The van der Waals surface area contributed by atoms with Gasteiger partial charge in [-0.05, 0) is 24.1 Å². The molecule has 0 saturated carbocycles. The summed E-state index contributed by atoms with van der Waals surface area (Å²) in [5.74, 6) is 0.490. The van der Waals surface area contributed by atoms with Crippen LogP contribution in [0.15, 0.2) is 24.3 Å². The Bertz CT molecular complexity index is 571. The first-order valence-electron chi connectivity index (χ1n) is 6.76. The van der Waals surface area contributed by atoms with Crippen molar-refractivity contribution in [2.45, 2.75) is 18.5 Å². The van der Waals surface area contributed by atoms with Crippen LogP contribution in [0.1, 0.15) is 18.0 Å². The SMILES string of the molecule is COc1ccc([C@@H]2[C@@H](C#N)[C@H](C#N)N3CCCN23)cc1. The fraction of sp³-hybridized carbons (Fsp3) is 0.467. The normalized spacial score (nSPS) is 29.6. The van der Waals surface area contributed by atoms with E-state index in [1.54, 1.807) is 7.11 Å². The van der Waals surface area contributed by atoms with Crippen molar-refractivity contribution < 1.29 is 4.74 Å². The summed E-state index contributed by atoms with van der Waals surface area (Å²) in [6.07, 6.45) is 1.04. The molecule has 0 spiro atoms. The minimum Gasteiger partial charge on any atom is -0.497 e. The highest BCUT2D eigenvalue weighted by molar-refractivity contribution is 5.32. The molecule has 3 atom stereocenters. The maximum atomic E-state index is 9.48. The number of methoxy groups -OCH3 is 1. The number of fused-ring (bicyclic) bond motifs is 1. The average molecular weight is 268 g/mol. The molecule has 0 amide bonds. The van der Waals surface area contributed by atoms with Crippen LogP contribution in [0.3, 0.4) is 0 Å². The third-order valence-electron chi connectivity index (χ3n) is 4.17. The summed E-state index contributed by atoms with van der Waals surface area (Å²) in [4.78, 5) is 0. The molecule has 3 rings (SSSR count). The van der Waals surface area contributed by atoms with Gasteiger partial charge in [0.15, 0.2) is 0 Å². The largest absolute Gasteiger partial charge is 0.497 e. The summed E-state index contributed by atoms with van der Waals surface area (Å²) in [5, 5.41) is 23.1. The van der Waals surface area contributed by atoms with Crippen molar-refractivity contribution >= 4 is 0 Å². The maximum absolute atomic E-state index is 9.48. The van der Waals surface area contributed by atoms with E-state index in [1.807, 2.05) is 24.3 Å². The number of nitrogens with zero attached hydrogens (tertiary/aromatic N) is 4. The van der Waals surface area contributed by atoms with Crippen LogP contribution in [0.4, 0.5) is 0 Å². The van der Waals surface area contributed by atoms with Gasteiger partial charge in [0.2, 0.25) is 0 Å². The van der Waals surface area contributed by atoms with Gasteiger partial charge >= 0.3 is 0 Å². The van der Waals surface area contributed by atoms with Crippen LogP contribution in [0.25, 0.3) is 0 Å². The van der Waals surface area contributed by atoms with Gasteiger partial charge in [-0.1, -0.05) is 12.1 Å². The van der Waals surface area contributed by atoms with E-state index in [4.69, 9.17) is 4.74 Å². The zero-order valence-corrected chi connectivity index (χ0v) is 11.4. The molecular weight excluding hydrogens is 252 g/mol. The van der Waals surface area contributed by atoms with Crippen LogP contribution in [0.2, 0.25) is 0 Å². The van der Waals surface area contributed by atoms with Gasteiger partial charge in [-0.3, -0.25) is 0 Å². The molecule has 0 bridgehead atoms. The fourth-order valence-electron chi connectivity index (χ4n) is 3.26. The number of nitriles is 2. The molecule has 2 aliphatic heterocycles. The second-order valence-corrected chi connectivity index (χ2v) is 5.13. The van der Waals surface area contributed by atoms with Gasteiger partial charge < -0.3 is 4.74 Å². The molecule has 0 aromatic heterocycles. The lowest BCUT2D eigenvalue weighted by molar-refractivity contribution is 0.0383. The van der Waals surface area contributed by atoms with E-state index in [2.05, 4.69) is 22.2 Å². The molecule has 102 valence electrons. The average Bonchev–Trinajstić information content (AvgIpc) is 3.06. The Balaban J connectivity index is 1.97. The van der Waals surface area contributed by atoms with E-state index >= 15 is 0 Å². The Labute approximate surface area is 118 Å². The molecule has 0 unspecified atom stereocenters. The van der Waals surface area contributed by atoms with Crippen molar-refractivity contribution in [2.75, 3.05) is 20.2 Å². The minimum absolute atomic E-state index is 0.0296. The zero-order valence-electron chi connectivity index (χ0n) is 11.4. The van der Waals surface area contributed by atoms with Crippen molar-refractivity contribution in [2.24, 2.45) is 5.92 Å². The predicted octanol–water partition coefficient (Wildman–Crippen LogP) is 1.70. The van der Waals surface area contributed by atoms with Gasteiger partial charge in [0.1, 0.15) is 11.8 Å². The fourth-order valence-corrected chi connectivity index (χ4v) is 3.26. The first-order chi connectivity index (χ1) is 9.80. The van der Waals surface area contributed by atoms with Crippen molar-refractivity contribution in [1.29, 1.82) is 10.5 Å². The van der Waals surface area contributed by atoms with Gasteiger partial charge in [-0.15, -0.1) is 0 Å². The Kier molecular flexibility index (Phi) is 3.31. The first kappa shape index (κ1) is 12.9. The molecule has 0 aliphatic carbocycles. The van der Waals surface area contributed by atoms with Gasteiger partial charge in [-0.25, -0.2) is 10.0 Å². The second kappa shape index (κ2) is 5.13. The lowest BCUT2D eigenvalue weighted by Crippen LogP contribution is -2.35. The molecule has 0 N–H and O–H groups in total. The Morgan fingerprint density at radius 2 is 1.80 bits per heavy atom. The molecule has 5 nitrogen and oxygen atoms in total. The highest BCUT2D eigenvalue weighted by atomic mass is 16.5. The molecule has 2 heterocycles. The highest BCUT2D eigenvalue weighted by Crippen LogP contribution is 2.43. The number of hydrogen-bond acceptors (Lipinski definition) is 5.